The van der Waals surface area contributed by atoms with Gasteiger partial charge in [0.25, 0.3) is 0 Å². The fourth-order valence-electron chi connectivity index (χ4n) is 3.44. The minimum atomic E-state index is -0.189. The van der Waals surface area contributed by atoms with E-state index in [0.717, 1.165) is 6.54 Å². The van der Waals surface area contributed by atoms with Crippen LogP contribution in [0, 0.1) is 5.82 Å². The van der Waals surface area contributed by atoms with Crippen LogP contribution in [0.5, 0.6) is 0 Å². The molecule has 2 bridgehead atoms. The molecule has 2 atom stereocenters. The third-order valence-corrected chi connectivity index (χ3v) is 5.10. The minimum Gasteiger partial charge on any atom is -0.311 e. The second-order valence-corrected chi connectivity index (χ2v) is 6.78. The van der Waals surface area contributed by atoms with E-state index in [1.54, 1.807) is 6.07 Å². The van der Waals surface area contributed by atoms with Crippen molar-refractivity contribution in [2.45, 2.75) is 50.4 Å². The molecule has 0 amide bonds. The highest BCUT2D eigenvalue weighted by atomic mass is 79.9. The maximum Gasteiger partial charge on any atom is 0.137 e. The van der Waals surface area contributed by atoms with Crippen LogP contribution in [0.25, 0.3) is 0 Å². The lowest BCUT2D eigenvalue weighted by Crippen LogP contribution is -2.46. The molecule has 2 heterocycles. The number of fused-ring (bicyclic) bond motifs is 2. The third-order valence-electron chi connectivity index (χ3n) is 4.49. The van der Waals surface area contributed by atoms with Crippen LogP contribution < -0.4 is 5.32 Å². The van der Waals surface area contributed by atoms with Crippen molar-refractivity contribution in [2.24, 2.45) is 0 Å². The first-order valence-corrected chi connectivity index (χ1v) is 7.81. The Kier molecular flexibility index (Phi) is 5.46. The van der Waals surface area contributed by atoms with Gasteiger partial charge in [0.05, 0.1) is 4.47 Å². The topological polar surface area (TPSA) is 15.3 Å². The number of rotatable bonds is 3. The molecule has 5 heteroatoms. The fourth-order valence-corrected chi connectivity index (χ4v) is 3.87. The molecule has 112 valence electrons. The molecule has 2 unspecified atom stereocenters. The first-order chi connectivity index (χ1) is 9.11. The summed E-state index contributed by atoms with van der Waals surface area (Å²) in [7, 11) is 2.19. The van der Waals surface area contributed by atoms with Gasteiger partial charge in [-0.1, -0.05) is 6.07 Å². The van der Waals surface area contributed by atoms with Crippen LogP contribution in [-0.2, 0) is 6.54 Å². The second-order valence-electron chi connectivity index (χ2n) is 5.93. The molecule has 2 fully saturated rings. The van der Waals surface area contributed by atoms with Crippen LogP contribution in [0.4, 0.5) is 4.39 Å². The van der Waals surface area contributed by atoms with E-state index in [1.807, 2.05) is 12.1 Å². The first kappa shape index (κ1) is 16.2. The van der Waals surface area contributed by atoms with Crippen molar-refractivity contribution in [3.8, 4) is 0 Å². The van der Waals surface area contributed by atoms with E-state index in [-0.39, 0.29) is 18.2 Å². The van der Waals surface area contributed by atoms with Gasteiger partial charge in [0.2, 0.25) is 0 Å². The van der Waals surface area contributed by atoms with Crippen molar-refractivity contribution in [2.75, 3.05) is 7.05 Å². The Morgan fingerprint density at radius 2 is 1.95 bits per heavy atom. The van der Waals surface area contributed by atoms with E-state index < -0.39 is 0 Å². The summed E-state index contributed by atoms with van der Waals surface area (Å²) in [6.45, 7) is 0.892. The second kappa shape index (κ2) is 6.73. The number of benzene rings is 1. The molecule has 1 aromatic rings. The maximum absolute atomic E-state index is 13.2. The number of hydrogen-bond acceptors (Lipinski definition) is 2. The molecule has 0 aliphatic carbocycles. The number of nitrogens with one attached hydrogen (secondary N) is 1. The Hall–Kier alpha value is -0.160. The zero-order chi connectivity index (χ0) is 13.4. The van der Waals surface area contributed by atoms with Crippen LogP contribution in [0.2, 0.25) is 0 Å². The van der Waals surface area contributed by atoms with E-state index in [2.05, 4.69) is 33.2 Å². The predicted molar refractivity (Wildman–Crippen MR) is 85.8 cm³/mol. The molecule has 1 aromatic carbocycles. The van der Waals surface area contributed by atoms with Crippen molar-refractivity contribution < 1.29 is 4.39 Å². The Morgan fingerprint density at radius 1 is 1.30 bits per heavy atom. The lowest BCUT2D eigenvalue weighted by Gasteiger charge is -2.35. The van der Waals surface area contributed by atoms with Crippen molar-refractivity contribution in [3.63, 3.8) is 0 Å². The number of halogens is 3. The lowest BCUT2D eigenvalue weighted by molar-refractivity contribution is 0.166. The smallest absolute Gasteiger partial charge is 0.137 e. The summed E-state index contributed by atoms with van der Waals surface area (Å²) in [6, 6.07) is 7.40. The Balaban J connectivity index is 0.00000147. The zero-order valence-corrected chi connectivity index (χ0v) is 14.0. The molecule has 0 aromatic heterocycles. The summed E-state index contributed by atoms with van der Waals surface area (Å²) >= 11 is 3.26. The van der Waals surface area contributed by atoms with E-state index >= 15 is 0 Å². The lowest BCUT2D eigenvalue weighted by atomic mass is 9.98. The van der Waals surface area contributed by atoms with Crippen molar-refractivity contribution in [1.29, 1.82) is 0 Å². The summed E-state index contributed by atoms with van der Waals surface area (Å²) in [5, 5.41) is 3.67. The van der Waals surface area contributed by atoms with Gasteiger partial charge in [-0.05, 0) is 66.4 Å². The average molecular weight is 364 g/mol. The summed E-state index contributed by atoms with van der Waals surface area (Å²) in [5.74, 6) is -0.189. The quantitative estimate of drug-likeness (QED) is 0.880. The molecule has 1 N–H and O–H groups in total. The van der Waals surface area contributed by atoms with E-state index in [0.29, 0.717) is 22.6 Å². The van der Waals surface area contributed by atoms with E-state index in [4.69, 9.17) is 0 Å². The van der Waals surface area contributed by atoms with Crippen LogP contribution in [-0.4, -0.2) is 30.1 Å². The summed E-state index contributed by atoms with van der Waals surface area (Å²) in [5.41, 5.74) is 1.17. The van der Waals surface area contributed by atoms with Crippen LogP contribution in [0.15, 0.2) is 22.7 Å². The molecule has 2 aliphatic heterocycles. The standard InChI is InChI=1S/C15H20BrFN2.ClH/c1-19(9-10-2-5-15(17)14(16)6-10)13-7-11-3-4-12(8-13)18-11;/h2,5-6,11-13,18H,3-4,7-9H2,1H3;1H. The summed E-state index contributed by atoms with van der Waals surface area (Å²) in [6.07, 6.45) is 5.15. The summed E-state index contributed by atoms with van der Waals surface area (Å²) < 4.78 is 13.8. The number of piperidine rings is 1. The highest BCUT2D eigenvalue weighted by molar-refractivity contribution is 9.10. The number of hydrogen-bond donors (Lipinski definition) is 1. The monoisotopic (exact) mass is 362 g/mol. The van der Waals surface area contributed by atoms with Gasteiger partial charge in [0.15, 0.2) is 0 Å². The van der Waals surface area contributed by atoms with Gasteiger partial charge in [-0.25, -0.2) is 4.39 Å². The Bertz CT molecular complexity index is 459. The molecule has 2 aliphatic rings. The van der Waals surface area contributed by atoms with Crippen molar-refractivity contribution >= 4 is 28.3 Å². The molecule has 3 rings (SSSR count). The normalized spacial score (nSPS) is 28.5. The largest absolute Gasteiger partial charge is 0.311 e. The molecule has 20 heavy (non-hydrogen) atoms. The molecule has 2 nitrogen and oxygen atoms in total. The van der Waals surface area contributed by atoms with Gasteiger partial charge in [-0.2, -0.15) is 0 Å². The van der Waals surface area contributed by atoms with E-state index in [9.17, 15) is 4.39 Å². The first-order valence-electron chi connectivity index (χ1n) is 7.02. The highest BCUT2D eigenvalue weighted by Crippen LogP contribution is 2.30. The summed E-state index contributed by atoms with van der Waals surface area (Å²) in [4.78, 5) is 2.42. The molecule has 2 saturated heterocycles. The Morgan fingerprint density at radius 3 is 2.55 bits per heavy atom. The SMILES string of the molecule is CN(Cc1ccc(F)c(Br)c1)C1CC2CCC(C1)N2.Cl. The number of nitrogens with zero attached hydrogens (tertiary/aromatic N) is 1. The van der Waals surface area contributed by atoms with Crippen LogP contribution in [0.1, 0.15) is 31.2 Å². The van der Waals surface area contributed by atoms with E-state index in [1.165, 1.54) is 31.2 Å². The van der Waals surface area contributed by atoms with Gasteiger partial charge < -0.3 is 5.32 Å². The predicted octanol–water partition coefficient (Wildman–Crippen LogP) is 3.72. The van der Waals surface area contributed by atoms with Gasteiger partial charge in [0, 0.05) is 24.7 Å². The molecule has 0 radical (unpaired) electrons. The molecular formula is C15H21BrClFN2. The molecule has 0 spiro atoms. The average Bonchev–Trinajstić information content (AvgIpc) is 2.72. The maximum atomic E-state index is 13.2. The van der Waals surface area contributed by atoms with Gasteiger partial charge in [-0.3, -0.25) is 4.90 Å². The minimum absolute atomic E-state index is 0. The van der Waals surface area contributed by atoms with Gasteiger partial charge >= 0.3 is 0 Å². The van der Waals surface area contributed by atoms with Crippen LogP contribution >= 0.6 is 28.3 Å². The molecular weight excluding hydrogens is 343 g/mol. The zero-order valence-electron chi connectivity index (χ0n) is 11.6. The van der Waals surface area contributed by atoms with Crippen LogP contribution in [0.3, 0.4) is 0 Å². The van der Waals surface area contributed by atoms with Crippen molar-refractivity contribution in [1.82, 2.24) is 10.2 Å². The third kappa shape index (κ3) is 3.53. The highest BCUT2D eigenvalue weighted by Gasteiger charge is 2.34. The molecule has 0 saturated carbocycles. The Labute approximate surface area is 134 Å². The van der Waals surface area contributed by atoms with Gasteiger partial charge in [-0.15, -0.1) is 12.4 Å². The fraction of sp³-hybridized carbons (Fsp3) is 0.600. The van der Waals surface area contributed by atoms with Crippen molar-refractivity contribution in [3.05, 3.63) is 34.1 Å². The van der Waals surface area contributed by atoms with Gasteiger partial charge in [0.1, 0.15) is 5.82 Å².